The second-order valence-electron chi connectivity index (χ2n) is 2.53. The molecule has 0 bridgehead atoms. The quantitative estimate of drug-likeness (QED) is 0.592. The first-order chi connectivity index (χ1) is 6.81. The number of thiol groups is 1. The Balaban J connectivity index is 3.01. The van der Waals surface area contributed by atoms with Gasteiger partial charge >= 0.3 is 0 Å². The van der Waals surface area contributed by atoms with Crippen LogP contribution in [0.4, 0.5) is 0 Å². The molecule has 14 heavy (non-hydrogen) atoms. The van der Waals surface area contributed by atoms with Gasteiger partial charge in [-0.2, -0.15) is 12.6 Å². The average Bonchev–Trinajstić information content (AvgIpc) is 2.25. The molecular weight excluding hydrogens is 196 g/mol. The fourth-order valence-electron chi connectivity index (χ4n) is 1.06. The minimum Gasteiger partial charge on any atom is -0.493 e. The minimum atomic E-state index is 0.550. The van der Waals surface area contributed by atoms with Gasteiger partial charge in [-0.15, -0.1) is 0 Å². The molecule has 0 aliphatic rings. The fourth-order valence-corrected chi connectivity index (χ4v) is 1.13. The van der Waals surface area contributed by atoms with Crippen molar-refractivity contribution in [2.75, 3.05) is 20.0 Å². The summed E-state index contributed by atoms with van der Waals surface area (Å²) in [5, 5.41) is 0. The van der Waals surface area contributed by atoms with Gasteiger partial charge in [-0.25, -0.2) is 0 Å². The van der Waals surface area contributed by atoms with E-state index in [0.29, 0.717) is 17.3 Å². The number of hydrogen-bond acceptors (Lipinski definition) is 3. The van der Waals surface area contributed by atoms with Gasteiger partial charge in [0.15, 0.2) is 11.5 Å². The third-order valence-corrected chi connectivity index (χ3v) is 1.85. The number of benzene rings is 1. The van der Waals surface area contributed by atoms with Gasteiger partial charge in [-0.05, 0) is 18.2 Å². The van der Waals surface area contributed by atoms with E-state index in [-0.39, 0.29) is 0 Å². The van der Waals surface area contributed by atoms with Gasteiger partial charge in [0, 0.05) is 5.56 Å². The van der Waals surface area contributed by atoms with Crippen molar-refractivity contribution >= 4 is 12.6 Å². The van der Waals surface area contributed by atoms with Gasteiger partial charge in [0.05, 0.1) is 20.0 Å². The first kappa shape index (κ1) is 10.8. The van der Waals surface area contributed by atoms with Gasteiger partial charge in [0.2, 0.25) is 0 Å². The largest absolute Gasteiger partial charge is 0.493 e. The Morgan fingerprint density at radius 2 is 1.93 bits per heavy atom. The molecule has 0 atom stereocenters. The van der Waals surface area contributed by atoms with Crippen molar-refractivity contribution in [3.8, 4) is 23.3 Å². The molecule has 1 aromatic carbocycles. The van der Waals surface area contributed by atoms with Gasteiger partial charge < -0.3 is 9.47 Å². The van der Waals surface area contributed by atoms with Crippen LogP contribution in [-0.2, 0) is 0 Å². The van der Waals surface area contributed by atoms with E-state index in [4.69, 9.17) is 9.47 Å². The van der Waals surface area contributed by atoms with E-state index in [1.54, 1.807) is 14.2 Å². The zero-order valence-corrected chi connectivity index (χ0v) is 9.10. The summed E-state index contributed by atoms with van der Waals surface area (Å²) in [5.74, 6) is 7.78. The van der Waals surface area contributed by atoms with Gasteiger partial charge in [-0.1, -0.05) is 11.8 Å². The summed E-state index contributed by atoms with van der Waals surface area (Å²) in [4.78, 5) is 0. The SMILES string of the molecule is COc1ccc(C#CCS)cc1OC. The molecule has 0 fully saturated rings. The summed E-state index contributed by atoms with van der Waals surface area (Å²) in [7, 11) is 3.21. The van der Waals surface area contributed by atoms with Crippen molar-refractivity contribution in [2.45, 2.75) is 0 Å². The smallest absolute Gasteiger partial charge is 0.161 e. The Kier molecular flexibility index (Phi) is 4.21. The van der Waals surface area contributed by atoms with E-state index < -0.39 is 0 Å². The van der Waals surface area contributed by atoms with Crippen LogP contribution in [-0.4, -0.2) is 20.0 Å². The highest BCUT2D eigenvalue weighted by molar-refractivity contribution is 7.80. The van der Waals surface area contributed by atoms with Crippen molar-refractivity contribution in [3.05, 3.63) is 23.8 Å². The van der Waals surface area contributed by atoms with Crippen molar-refractivity contribution in [1.29, 1.82) is 0 Å². The second-order valence-corrected chi connectivity index (χ2v) is 2.85. The molecular formula is C11H12O2S. The summed E-state index contributed by atoms with van der Waals surface area (Å²) in [5.41, 5.74) is 0.900. The van der Waals surface area contributed by atoms with E-state index in [0.717, 1.165) is 5.56 Å². The van der Waals surface area contributed by atoms with Gasteiger partial charge in [0.25, 0.3) is 0 Å². The molecule has 3 heteroatoms. The Labute approximate surface area is 89.6 Å². The molecule has 2 nitrogen and oxygen atoms in total. The van der Waals surface area contributed by atoms with Gasteiger partial charge in [-0.3, -0.25) is 0 Å². The maximum absolute atomic E-state index is 5.14. The van der Waals surface area contributed by atoms with Crippen LogP contribution in [0.1, 0.15) is 5.56 Å². The Hall–Kier alpha value is -1.27. The summed E-state index contributed by atoms with van der Waals surface area (Å²) in [6.45, 7) is 0. The molecule has 0 unspecified atom stereocenters. The number of hydrogen-bond donors (Lipinski definition) is 1. The third-order valence-electron chi connectivity index (χ3n) is 1.70. The molecule has 74 valence electrons. The lowest BCUT2D eigenvalue weighted by molar-refractivity contribution is 0.355. The second kappa shape index (κ2) is 5.46. The molecule has 0 aromatic heterocycles. The Morgan fingerprint density at radius 3 is 2.50 bits per heavy atom. The van der Waals surface area contributed by atoms with Crippen LogP contribution in [0.25, 0.3) is 0 Å². The van der Waals surface area contributed by atoms with Crippen molar-refractivity contribution in [2.24, 2.45) is 0 Å². The van der Waals surface area contributed by atoms with Crippen LogP contribution >= 0.6 is 12.6 Å². The molecule has 0 spiro atoms. The fraction of sp³-hybridized carbons (Fsp3) is 0.273. The molecule has 0 radical (unpaired) electrons. The third kappa shape index (κ3) is 2.61. The Morgan fingerprint density at radius 1 is 1.21 bits per heavy atom. The average molecular weight is 208 g/mol. The van der Waals surface area contributed by atoms with Crippen LogP contribution in [0, 0.1) is 11.8 Å². The number of methoxy groups -OCH3 is 2. The van der Waals surface area contributed by atoms with Crippen LogP contribution in [0.15, 0.2) is 18.2 Å². The minimum absolute atomic E-state index is 0.550. The summed E-state index contributed by atoms with van der Waals surface area (Å²) in [6, 6.07) is 5.56. The highest BCUT2D eigenvalue weighted by atomic mass is 32.1. The molecule has 1 aromatic rings. The highest BCUT2D eigenvalue weighted by Crippen LogP contribution is 2.26. The molecule has 0 heterocycles. The maximum Gasteiger partial charge on any atom is 0.161 e. The topological polar surface area (TPSA) is 18.5 Å². The molecule has 0 N–H and O–H groups in total. The van der Waals surface area contributed by atoms with E-state index in [9.17, 15) is 0 Å². The Bertz CT molecular complexity index is 363. The lowest BCUT2D eigenvalue weighted by Gasteiger charge is -2.06. The highest BCUT2D eigenvalue weighted by Gasteiger charge is 2.02. The zero-order valence-electron chi connectivity index (χ0n) is 8.20. The van der Waals surface area contributed by atoms with E-state index in [1.165, 1.54) is 0 Å². The lowest BCUT2D eigenvalue weighted by Crippen LogP contribution is -1.90. The summed E-state index contributed by atoms with van der Waals surface area (Å²) >= 11 is 4.01. The first-order valence-electron chi connectivity index (χ1n) is 4.13. The lowest BCUT2D eigenvalue weighted by atomic mass is 10.2. The number of ether oxygens (including phenoxy) is 2. The van der Waals surface area contributed by atoms with Crippen molar-refractivity contribution in [1.82, 2.24) is 0 Å². The molecule has 0 aliphatic carbocycles. The molecule has 0 saturated carbocycles. The maximum atomic E-state index is 5.14. The van der Waals surface area contributed by atoms with E-state index in [2.05, 4.69) is 24.5 Å². The van der Waals surface area contributed by atoms with Crippen LogP contribution in [0.3, 0.4) is 0 Å². The molecule has 0 aliphatic heterocycles. The van der Waals surface area contributed by atoms with Crippen LogP contribution in [0.2, 0.25) is 0 Å². The van der Waals surface area contributed by atoms with E-state index in [1.807, 2.05) is 18.2 Å². The van der Waals surface area contributed by atoms with Gasteiger partial charge in [0.1, 0.15) is 0 Å². The van der Waals surface area contributed by atoms with Crippen molar-refractivity contribution < 1.29 is 9.47 Å². The van der Waals surface area contributed by atoms with Crippen LogP contribution < -0.4 is 9.47 Å². The monoisotopic (exact) mass is 208 g/mol. The predicted octanol–water partition coefficient (Wildman–Crippen LogP) is 1.99. The van der Waals surface area contributed by atoms with E-state index >= 15 is 0 Å². The molecule has 0 amide bonds. The van der Waals surface area contributed by atoms with Crippen LogP contribution in [0.5, 0.6) is 11.5 Å². The summed E-state index contributed by atoms with van der Waals surface area (Å²) < 4.78 is 10.3. The number of rotatable bonds is 2. The molecule has 1 rings (SSSR count). The van der Waals surface area contributed by atoms with Crippen molar-refractivity contribution in [3.63, 3.8) is 0 Å². The summed E-state index contributed by atoms with van der Waals surface area (Å²) in [6.07, 6.45) is 0. The standard InChI is InChI=1S/C11H12O2S/c1-12-10-6-5-9(4-3-7-14)8-11(10)13-2/h5-6,8,14H,7H2,1-2H3. The first-order valence-corrected chi connectivity index (χ1v) is 4.77. The normalized spacial score (nSPS) is 8.79. The zero-order chi connectivity index (χ0) is 10.4. The molecule has 0 saturated heterocycles. The predicted molar refractivity (Wildman–Crippen MR) is 60.3 cm³/mol.